The van der Waals surface area contributed by atoms with Crippen molar-refractivity contribution in [3.05, 3.63) is 35.9 Å². The Bertz CT molecular complexity index is 409. The molecule has 0 aromatic heterocycles. The van der Waals surface area contributed by atoms with Gasteiger partial charge in [-0.2, -0.15) is 0 Å². The molecule has 110 valence electrons. The molecule has 20 heavy (non-hydrogen) atoms. The van der Waals surface area contributed by atoms with Gasteiger partial charge >= 0.3 is 0 Å². The quantitative estimate of drug-likeness (QED) is 0.448. The Kier molecular flexibility index (Phi) is 7.54. The van der Waals surface area contributed by atoms with E-state index in [9.17, 15) is 9.59 Å². The lowest BCUT2D eigenvalue weighted by atomic mass is 10.1. The average molecular weight is 277 g/mol. The molecule has 0 radical (unpaired) electrons. The van der Waals surface area contributed by atoms with Crippen molar-refractivity contribution in [3.63, 3.8) is 0 Å². The first kappa shape index (κ1) is 16.3. The number of aldehydes is 1. The third kappa shape index (κ3) is 5.95. The number of rotatable bonds is 9. The van der Waals surface area contributed by atoms with Gasteiger partial charge in [0.15, 0.2) is 0 Å². The van der Waals surface area contributed by atoms with Gasteiger partial charge in [-0.15, -0.1) is 0 Å². The molecule has 0 saturated heterocycles. The number of nitrogens with two attached hydrogens (primary N) is 2. The van der Waals surface area contributed by atoms with Gasteiger partial charge in [-0.1, -0.05) is 36.8 Å². The first-order valence-corrected chi connectivity index (χ1v) is 6.92. The SMILES string of the molecule is NCCCC[C@@H](N)C(=O)N[C@@H](C=O)Cc1ccccc1. The lowest BCUT2D eigenvalue weighted by Crippen LogP contribution is -2.46. The second kappa shape index (κ2) is 9.23. The van der Waals surface area contributed by atoms with Gasteiger partial charge in [0.25, 0.3) is 0 Å². The molecular weight excluding hydrogens is 254 g/mol. The van der Waals surface area contributed by atoms with Crippen LogP contribution >= 0.6 is 0 Å². The largest absolute Gasteiger partial charge is 0.345 e. The van der Waals surface area contributed by atoms with E-state index in [4.69, 9.17) is 11.5 Å². The number of carbonyl (C=O) groups is 2. The van der Waals surface area contributed by atoms with E-state index in [-0.39, 0.29) is 5.91 Å². The number of benzene rings is 1. The van der Waals surface area contributed by atoms with Crippen molar-refractivity contribution in [2.24, 2.45) is 11.5 Å². The van der Waals surface area contributed by atoms with Crippen LogP contribution in [-0.2, 0) is 16.0 Å². The molecule has 5 nitrogen and oxygen atoms in total. The number of nitrogens with one attached hydrogen (secondary N) is 1. The molecule has 5 heteroatoms. The molecule has 5 N–H and O–H groups in total. The number of carbonyl (C=O) groups excluding carboxylic acids is 2. The monoisotopic (exact) mass is 277 g/mol. The highest BCUT2D eigenvalue weighted by Crippen LogP contribution is 2.03. The zero-order valence-electron chi connectivity index (χ0n) is 11.6. The predicted molar refractivity (Wildman–Crippen MR) is 79.0 cm³/mol. The summed E-state index contributed by atoms with van der Waals surface area (Å²) in [5.41, 5.74) is 12.2. The summed E-state index contributed by atoms with van der Waals surface area (Å²) >= 11 is 0. The van der Waals surface area contributed by atoms with Crippen LogP contribution in [0, 0.1) is 0 Å². The first-order chi connectivity index (χ1) is 9.67. The Labute approximate surface area is 119 Å². The Morgan fingerprint density at radius 3 is 2.55 bits per heavy atom. The van der Waals surface area contributed by atoms with Crippen molar-refractivity contribution in [3.8, 4) is 0 Å². The minimum atomic E-state index is -0.584. The molecule has 1 rings (SSSR count). The van der Waals surface area contributed by atoms with Gasteiger partial charge < -0.3 is 21.6 Å². The zero-order valence-corrected chi connectivity index (χ0v) is 11.6. The number of hydrogen-bond donors (Lipinski definition) is 3. The molecule has 0 unspecified atom stereocenters. The Morgan fingerprint density at radius 2 is 1.95 bits per heavy atom. The molecule has 0 heterocycles. The van der Waals surface area contributed by atoms with Gasteiger partial charge in [-0.25, -0.2) is 0 Å². The third-order valence-electron chi connectivity index (χ3n) is 3.10. The molecule has 1 aromatic carbocycles. The van der Waals surface area contributed by atoms with E-state index in [0.717, 1.165) is 24.7 Å². The first-order valence-electron chi connectivity index (χ1n) is 6.92. The van der Waals surface area contributed by atoms with Crippen LogP contribution in [0.1, 0.15) is 24.8 Å². The van der Waals surface area contributed by atoms with Crippen LogP contribution in [0.5, 0.6) is 0 Å². The molecule has 2 atom stereocenters. The van der Waals surface area contributed by atoms with Gasteiger partial charge in [-0.3, -0.25) is 4.79 Å². The Balaban J connectivity index is 2.43. The molecule has 0 bridgehead atoms. The smallest absolute Gasteiger partial charge is 0.237 e. The zero-order chi connectivity index (χ0) is 14.8. The van der Waals surface area contributed by atoms with E-state index in [1.165, 1.54) is 0 Å². The van der Waals surface area contributed by atoms with E-state index in [2.05, 4.69) is 5.32 Å². The lowest BCUT2D eigenvalue weighted by Gasteiger charge is -2.16. The fraction of sp³-hybridized carbons (Fsp3) is 0.467. The second-order valence-electron chi connectivity index (χ2n) is 4.83. The molecular formula is C15H23N3O2. The highest BCUT2D eigenvalue weighted by Gasteiger charge is 2.17. The average Bonchev–Trinajstić information content (AvgIpc) is 2.47. The summed E-state index contributed by atoms with van der Waals surface area (Å²) in [6.45, 7) is 0.597. The molecule has 0 saturated carbocycles. The van der Waals surface area contributed by atoms with Crippen LogP contribution < -0.4 is 16.8 Å². The summed E-state index contributed by atoms with van der Waals surface area (Å²) in [6, 6.07) is 8.43. The van der Waals surface area contributed by atoms with E-state index < -0.39 is 12.1 Å². The van der Waals surface area contributed by atoms with Crippen molar-refractivity contribution < 1.29 is 9.59 Å². The minimum absolute atomic E-state index is 0.282. The lowest BCUT2D eigenvalue weighted by molar-refractivity contribution is -0.125. The second-order valence-corrected chi connectivity index (χ2v) is 4.83. The molecule has 0 aliphatic carbocycles. The van der Waals surface area contributed by atoms with Crippen molar-refractivity contribution in [1.29, 1.82) is 0 Å². The Morgan fingerprint density at radius 1 is 1.25 bits per heavy atom. The van der Waals surface area contributed by atoms with Gasteiger partial charge in [0.1, 0.15) is 6.29 Å². The maximum Gasteiger partial charge on any atom is 0.237 e. The summed E-state index contributed by atoms with van der Waals surface area (Å²) in [5.74, 6) is -0.282. The fourth-order valence-electron chi connectivity index (χ4n) is 1.93. The van der Waals surface area contributed by atoms with Gasteiger partial charge in [0.2, 0.25) is 5.91 Å². The predicted octanol–water partition coefficient (Wildman–Crippen LogP) is 0.369. The van der Waals surface area contributed by atoms with Gasteiger partial charge in [0, 0.05) is 0 Å². The summed E-state index contributed by atoms with van der Waals surface area (Å²) in [4.78, 5) is 22.9. The maximum atomic E-state index is 11.9. The van der Waals surface area contributed by atoms with Crippen LogP contribution in [0.25, 0.3) is 0 Å². The van der Waals surface area contributed by atoms with E-state index in [1.807, 2.05) is 30.3 Å². The number of hydrogen-bond acceptors (Lipinski definition) is 4. The summed E-state index contributed by atoms with van der Waals surface area (Å²) in [5, 5.41) is 2.68. The number of unbranched alkanes of at least 4 members (excludes halogenated alkanes) is 1. The third-order valence-corrected chi connectivity index (χ3v) is 3.10. The van der Waals surface area contributed by atoms with Crippen LogP contribution in [-0.4, -0.2) is 30.8 Å². The molecule has 0 aliphatic heterocycles. The van der Waals surface area contributed by atoms with E-state index in [0.29, 0.717) is 19.4 Å². The van der Waals surface area contributed by atoms with Crippen molar-refractivity contribution in [1.82, 2.24) is 5.32 Å². The fourth-order valence-corrected chi connectivity index (χ4v) is 1.93. The molecule has 1 amide bonds. The molecule has 1 aromatic rings. The normalized spacial score (nSPS) is 13.5. The highest BCUT2D eigenvalue weighted by atomic mass is 16.2. The van der Waals surface area contributed by atoms with Crippen molar-refractivity contribution in [2.45, 2.75) is 37.8 Å². The van der Waals surface area contributed by atoms with Crippen molar-refractivity contribution in [2.75, 3.05) is 6.54 Å². The van der Waals surface area contributed by atoms with E-state index >= 15 is 0 Å². The highest BCUT2D eigenvalue weighted by molar-refractivity contribution is 5.84. The molecule has 0 aliphatic rings. The van der Waals surface area contributed by atoms with Gasteiger partial charge in [0.05, 0.1) is 12.1 Å². The van der Waals surface area contributed by atoms with Crippen LogP contribution in [0.3, 0.4) is 0 Å². The summed E-state index contributed by atoms with van der Waals surface area (Å²) < 4.78 is 0. The van der Waals surface area contributed by atoms with E-state index in [1.54, 1.807) is 0 Å². The van der Waals surface area contributed by atoms with Gasteiger partial charge in [-0.05, 0) is 31.4 Å². The molecule has 0 fully saturated rings. The van der Waals surface area contributed by atoms with Crippen LogP contribution in [0.2, 0.25) is 0 Å². The number of amides is 1. The summed E-state index contributed by atoms with van der Waals surface area (Å²) in [7, 11) is 0. The van der Waals surface area contributed by atoms with Crippen LogP contribution in [0.15, 0.2) is 30.3 Å². The minimum Gasteiger partial charge on any atom is -0.345 e. The Hall–Kier alpha value is -1.72. The maximum absolute atomic E-state index is 11.9. The standard InChI is InChI=1S/C15H23N3O2/c16-9-5-4-8-14(17)15(20)18-13(11-19)10-12-6-2-1-3-7-12/h1-3,6-7,11,13-14H,4-5,8-10,16-17H2,(H,18,20)/t13-,14-/m1/s1. The summed E-state index contributed by atoms with van der Waals surface area (Å²) in [6.07, 6.45) is 3.47. The topological polar surface area (TPSA) is 98.2 Å². The molecule has 0 spiro atoms. The van der Waals surface area contributed by atoms with Crippen molar-refractivity contribution >= 4 is 12.2 Å². The van der Waals surface area contributed by atoms with Crippen LogP contribution in [0.4, 0.5) is 0 Å².